The molecular formula is C12H9BrCl2FNS. The van der Waals surface area contributed by atoms with Gasteiger partial charge >= 0.3 is 0 Å². The van der Waals surface area contributed by atoms with Gasteiger partial charge in [0.1, 0.15) is 10.2 Å². The fourth-order valence-corrected chi connectivity index (χ4v) is 3.72. The zero-order valence-electron chi connectivity index (χ0n) is 9.31. The van der Waals surface area contributed by atoms with Crippen molar-refractivity contribution in [2.45, 2.75) is 6.04 Å². The predicted molar refractivity (Wildman–Crippen MR) is 79.3 cm³/mol. The Morgan fingerprint density at radius 3 is 2.56 bits per heavy atom. The quantitative estimate of drug-likeness (QED) is 0.778. The number of thiophene rings is 1. The minimum absolute atomic E-state index is 0.240. The van der Waals surface area contributed by atoms with Gasteiger partial charge in [-0.05, 0) is 41.2 Å². The minimum Gasteiger partial charge on any atom is -0.309 e. The van der Waals surface area contributed by atoms with Crippen LogP contribution in [0, 0.1) is 5.82 Å². The third-order valence-corrected chi connectivity index (χ3v) is 5.29. The maximum Gasteiger partial charge on any atom is 0.129 e. The largest absolute Gasteiger partial charge is 0.309 e. The van der Waals surface area contributed by atoms with E-state index in [9.17, 15) is 4.39 Å². The molecule has 0 bridgehead atoms. The average Bonchev–Trinajstić information content (AvgIpc) is 2.63. The lowest BCUT2D eigenvalue weighted by molar-refractivity contribution is 0.579. The Morgan fingerprint density at radius 1 is 1.33 bits per heavy atom. The molecule has 0 amide bonds. The standard InChI is InChI=1S/C12H9BrCl2FNS/c1-17-11(10-5-8(13)12(15)18-10)7-3-2-6(14)4-9(7)16/h2-5,11,17H,1H3. The van der Waals surface area contributed by atoms with Gasteiger partial charge in [0.05, 0.1) is 6.04 Å². The van der Waals surface area contributed by atoms with Crippen LogP contribution in [-0.4, -0.2) is 7.05 Å². The molecule has 1 heterocycles. The van der Waals surface area contributed by atoms with Crippen LogP contribution in [0.15, 0.2) is 28.7 Å². The van der Waals surface area contributed by atoms with E-state index in [0.717, 1.165) is 9.35 Å². The zero-order chi connectivity index (χ0) is 13.3. The third kappa shape index (κ3) is 2.89. The number of halogens is 4. The van der Waals surface area contributed by atoms with Crippen molar-refractivity contribution in [2.75, 3.05) is 7.05 Å². The van der Waals surface area contributed by atoms with Crippen molar-refractivity contribution in [1.29, 1.82) is 0 Å². The summed E-state index contributed by atoms with van der Waals surface area (Å²) in [6.07, 6.45) is 0. The molecular weight excluding hydrogens is 360 g/mol. The van der Waals surface area contributed by atoms with Gasteiger partial charge < -0.3 is 5.32 Å². The van der Waals surface area contributed by atoms with Crippen LogP contribution in [0.2, 0.25) is 9.36 Å². The first-order valence-corrected chi connectivity index (χ1v) is 7.46. The lowest BCUT2D eigenvalue weighted by Gasteiger charge is -2.15. The molecule has 0 fully saturated rings. The Kier molecular flexibility index (Phi) is 4.67. The molecule has 0 aliphatic rings. The van der Waals surface area contributed by atoms with Crippen molar-refractivity contribution in [3.8, 4) is 0 Å². The van der Waals surface area contributed by atoms with Gasteiger partial charge in [0.15, 0.2) is 0 Å². The number of hydrogen-bond donors (Lipinski definition) is 1. The first-order valence-electron chi connectivity index (χ1n) is 5.10. The van der Waals surface area contributed by atoms with Gasteiger partial charge in [-0.25, -0.2) is 4.39 Å². The van der Waals surface area contributed by atoms with E-state index in [2.05, 4.69) is 21.2 Å². The molecule has 1 nitrogen and oxygen atoms in total. The van der Waals surface area contributed by atoms with Gasteiger partial charge in [0.2, 0.25) is 0 Å². The number of benzene rings is 1. The van der Waals surface area contributed by atoms with Crippen LogP contribution in [0.25, 0.3) is 0 Å². The van der Waals surface area contributed by atoms with E-state index in [4.69, 9.17) is 23.2 Å². The zero-order valence-corrected chi connectivity index (χ0v) is 13.2. The maximum atomic E-state index is 13.9. The van der Waals surface area contributed by atoms with E-state index in [1.165, 1.54) is 17.4 Å². The van der Waals surface area contributed by atoms with Crippen molar-refractivity contribution in [3.05, 3.63) is 54.4 Å². The summed E-state index contributed by atoms with van der Waals surface area (Å²) in [4.78, 5) is 0.940. The number of nitrogens with one attached hydrogen (secondary N) is 1. The van der Waals surface area contributed by atoms with Gasteiger partial charge in [-0.15, -0.1) is 11.3 Å². The number of rotatable bonds is 3. The molecule has 96 valence electrons. The Hall–Kier alpha value is -0.130. The van der Waals surface area contributed by atoms with Crippen molar-refractivity contribution < 1.29 is 4.39 Å². The molecule has 1 atom stereocenters. The van der Waals surface area contributed by atoms with E-state index in [0.29, 0.717) is 14.9 Å². The van der Waals surface area contributed by atoms with E-state index in [1.807, 2.05) is 6.07 Å². The highest BCUT2D eigenvalue weighted by Crippen LogP contribution is 2.38. The average molecular weight is 369 g/mol. The molecule has 18 heavy (non-hydrogen) atoms. The van der Waals surface area contributed by atoms with Crippen molar-refractivity contribution in [3.63, 3.8) is 0 Å². The highest BCUT2D eigenvalue weighted by molar-refractivity contribution is 9.10. The first-order chi connectivity index (χ1) is 8.52. The van der Waals surface area contributed by atoms with Gasteiger partial charge in [0.25, 0.3) is 0 Å². The van der Waals surface area contributed by atoms with Crippen LogP contribution in [-0.2, 0) is 0 Å². The molecule has 1 aromatic heterocycles. The third-order valence-electron chi connectivity index (χ3n) is 2.51. The molecule has 2 rings (SSSR count). The topological polar surface area (TPSA) is 12.0 Å². The second kappa shape index (κ2) is 5.88. The molecule has 0 saturated heterocycles. The van der Waals surface area contributed by atoms with Crippen LogP contribution < -0.4 is 5.32 Å². The summed E-state index contributed by atoms with van der Waals surface area (Å²) in [5.74, 6) is -0.331. The minimum atomic E-state index is -0.331. The van der Waals surface area contributed by atoms with Crippen LogP contribution >= 0.6 is 50.5 Å². The summed E-state index contributed by atoms with van der Waals surface area (Å²) in [7, 11) is 1.78. The van der Waals surface area contributed by atoms with E-state index >= 15 is 0 Å². The Labute approximate surface area is 127 Å². The summed E-state index contributed by atoms with van der Waals surface area (Å²) in [5, 5.41) is 3.47. The summed E-state index contributed by atoms with van der Waals surface area (Å²) in [5.41, 5.74) is 0.548. The molecule has 1 unspecified atom stereocenters. The van der Waals surface area contributed by atoms with Gasteiger partial charge in [0, 0.05) is 19.9 Å². The van der Waals surface area contributed by atoms with Gasteiger partial charge in [-0.1, -0.05) is 29.3 Å². The summed E-state index contributed by atoms with van der Waals surface area (Å²) < 4.78 is 15.4. The highest BCUT2D eigenvalue weighted by Gasteiger charge is 2.19. The maximum absolute atomic E-state index is 13.9. The summed E-state index contributed by atoms with van der Waals surface area (Å²) >= 11 is 16.5. The second-order valence-electron chi connectivity index (χ2n) is 3.66. The van der Waals surface area contributed by atoms with Crippen LogP contribution in [0.1, 0.15) is 16.5 Å². The van der Waals surface area contributed by atoms with Gasteiger partial charge in [-0.2, -0.15) is 0 Å². The fourth-order valence-electron chi connectivity index (χ4n) is 1.69. The summed E-state index contributed by atoms with van der Waals surface area (Å²) in [6.45, 7) is 0. The summed E-state index contributed by atoms with van der Waals surface area (Å²) in [6, 6.07) is 6.32. The second-order valence-corrected chi connectivity index (χ2v) is 6.63. The van der Waals surface area contributed by atoms with E-state index in [-0.39, 0.29) is 11.9 Å². The van der Waals surface area contributed by atoms with E-state index < -0.39 is 0 Å². The molecule has 6 heteroatoms. The lowest BCUT2D eigenvalue weighted by Crippen LogP contribution is -2.17. The molecule has 0 aliphatic heterocycles. The Bertz CT molecular complexity index is 554. The molecule has 0 radical (unpaired) electrons. The van der Waals surface area contributed by atoms with Crippen molar-refractivity contribution in [2.24, 2.45) is 0 Å². The first kappa shape index (κ1) is 14.3. The Balaban J connectivity index is 2.45. The van der Waals surface area contributed by atoms with Crippen LogP contribution in [0.4, 0.5) is 4.39 Å². The molecule has 1 aromatic carbocycles. The van der Waals surface area contributed by atoms with Crippen molar-refractivity contribution in [1.82, 2.24) is 5.32 Å². The normalized spacial score (nSPS) is 12.7. The molecule has 2 aromatic rings. The lowest BCUT2D eigenvalue weighted by atomic mass is 10.1. The Morgan fingerprint density at radius 2 is 2.06 bits per heavy atom. The monoisotopic (exact) mass is 367 g/mol. The van der Waals surface area contributed by atoms with Crippen molar-refractivity contribution >= 4 is 50.5 Å². The van der Waals surface area contributed by atoms with Crippen LogP contribution in [0.3, 0.4) is 0 Å². The number of hydrogen-bond acceptors (Lipinski definition) is 2. The highest BCUT2D eigenvalue weighted by atomic mass is 79.9. The predicted octanol–water partition coefficient (Wildman–Crippen LogP) is 5.27. The van der Waals surface area contributed by atoms with Gasteiger partial charge in [-0.3, -0.25) is 0 Å². The molecule has 0 spiro atoms. The van der Waals surface area contributed by atoms with Crippen LogP contribution in [0.5, 0.6) is 0 Å². The van der Waals surface area contributed by atoms with E-state index in [1.54, 1.807) is 19.2 Å². The molecule has 1 N–H and O–H groups in total. The fraction of sp³-hybridized carbons (Fsp3) is 0.167. The smallest absolute Gasteiger partial charge is 0.129 e. The molecule has 0 saturated carbocycles. The molecule has 0 aliphatic carbocycles. The SMILES string of the molecule is CNC(c1cc(Br)c(Cl)s1)c1ccc(Cl)cc1F.